The molecule has 0 aromatic heterocycles. The molecule has 0 radical (unpaired) electrons. The molecule has 0 fully saturated rings. The van der Waals surface area contributed by atoms with Crippen molar-refractivity contribution >= 4 is 5.78 Å². The van der Waals surface area contributed by atoms with Crippen LogP contribution in [0.25, 0.3) is 0 Å². The van der Waals surface area contributed by atoms with Gasteiger partial charge in [0.15, 0.2) is 5.78 Å². The smallest absolute Gasteiger partial charge is 0.162 e. The third-order valence-electron chi connectivity index (χ3n) is 3.49. The molecule has 0 unspecified atom stereocenters. The topological polar surface area (TPSA) is 26.3 Å². The van der Waals surface area contributed by atoms with Crippen LogP contribution in [0.15, 0.2) is 18.2 Å². The van der Waals surface area contributed by atoms with Crippen LogP contribution in [0, 0.1) is 0 Å². The predicted octanol–water partition coefficient (Wildman–Crippen LogP) is 4.16. The lowest BCUT2D eigenvalue weighted by molar-refractivity contribution is 0.0979. The van der Waals surface area contributed by atoms with Gasteiger partial charge in [-0.3, -0.25) is 4.79 Å². The minimum Gasteiger partial charge on any atom is -0.493 e. The lowest BCUT2D eigenvalue weighted by Gasteiger charge is -2.17. The first kappa shape index (κ1) is 13.1. The van der Waals surface area contributed by atoms with Gasteiger partial charge in [-0.05, 0) is 43.0 Å². The van der Waals surface area contributed by atoms with Crippen molar-refractivity contribution < 1.29 is 9.53 Å². The zero-order chi connectivity index (χ0) is 12.8. The SMILES string of the molecule is CCCCCCC(=O)c1ccc2c(c1)CCCO2. The summed E-state index contributed by atoms with van der Waals surface area (Å²) in [6.45, 7) is 2.99. The molecule has 2 nitrogen and oxygen atoms in total. The number of rotatable bonds is 6. The fraction of sp³-hybridized carbons (Fsp3) is 0.562. The number of fused-ring (bicyclic) bond motifs is 1. The Bertz CT molecular complexity index is 410. The quantitative estimate of drug-likeness (QED) is 0.556. The van der Waals surface area contributed by atoms with Gasteiger partial charge in [-0.25, -0.2) is 0 Å². The molecule has 18 heavy (non-hydrogen) atoms. The maximum Gasteiger partial charge on any atom is 0.162 e. The van der Waals surface area contributed by atoms with Crippen LogP contribution in [0.2, 0.25) is 0 Å². The molecule has 0 aliphatic carbocycles. The van der Waals surface area contributed by atoms with Gasteiger partial charge >= 0.3 is 0 Å². The van der Waals surface area contributed by atoms with Crippen molar-refractivity contribution in [1.29, 1.82) is 0 Å². The normalized spacial score (nSPS) is 13.8. The summed E-state index contributed by atoms with van der Waals surface area (Å²) < 4.78 is 5.56. The third kappa shape index (κ3) is 3.34. The van der Waals surface area contributed by atoms with E-state index >= 15 is 0 Å². The van der Waals surface area contributed by atoms with Gasteiger partial charge in [0.2, 0.25) is 0 Å². The molecule has 1 aliphatic rings. The molecule has 0 N–H and O–H groups in total. The number of unbranched alkanes of at least 4 members (excludes halogenated alkanes) is 3. The van der Waals surface area contributed by atoms with Crippen LogP contribution < -0.4 is 4.74 Å². The van der Waals surface area contributed by atoms with Crippen molar-refractivity contribution in [2.45, 2.75) is 51.9 Å². The van der Waals surface area contributed by atoms with Gasteiger partial charge < -0.3 is 4.74 Å². The van der Waals surface area contributed by atoms with Crippen LogP contribution in [0.5, 0.6) is 5.75 Å². The van der Waals surface area contributed by atoms with Crippen LogP contribution in [0.4, 0.5) is 0 Å². The Morgan fingerprint density at radius 3 is 3.00 bits per heavy atom. The highest BCUT2D eigenvalue weighted by atomic mass is 16.5. The van der Waals surface area contributed by atoms with E-state index in [-0.39, 0.29) is 5.78 Å². The molecule has 2 heteroatoms. The van der Waals surface area contributed by atoms with Crippen molar-refractivity contribution in [3.05, 3.63) is 29.3 Å². The molecule has 1 aromatic rings. The molecule has 0 saturated carbocycles. The van der Waals surface area contributed by atoms with Gasteiger partial charge in [0, 0.05) is 12.0 Å². The maximum atomic E-state index is 12.1. The minimum atomic E-state index is 0.277. The van der Waals surface area contributed by atoms with Crippen molar-refractivity contribution in [3.63, 3.8) is 0 Å². The van der Waals surface area contributed by atoms with E-state index in [4.69, 9.17) is 4.74 Å². The highest BCUT2D eigenvalue weighted by molar-refractivity contribution is 5.96. The Morgan fingerprint density at radius 2 is 2.17 bits per heavy atom. The van der Waals surface area contributed by atoms with Gasteiger partial charge in [-0.2, -0.15) is 0 Å². The fourth-order valence-electron chi connectivity index (χ4n) is 2.39. The van der Waals surface area contributed by atoms with E-state index in [0.29, 0.717) is 6.42 Å². The molecule has 2 rings (SSSR count). The molecular formula is C16H22O2. The number of hydrogen-bond donors (Lipinski definition) is 0. The van der Waals surface area contributed by atoms with Crippen molar-refractivity contribution in [2.24, 2.45) is 0 Å². The second-order valence-corrected chi connectivity index (χ2v) is 5.01. The molecule has 0 saturated heterocycles. The van der Waals surface area contributed by atoms with Crippen LogP contribution in [0.1, 0.15) is 61.4 Å². The third-order valence-corrected chi connectivity index (χ3v) is 3.49. The number of carbonyl (C=O) groups is 1. The van der Waals surface area contributed by atoms with Crippen LogP contribution in [-0.2, 0) is 6.42 Å². The first-order valence-electron chi connectivity index (χ1n) is 7.10. The average Bonchev–Trinajstić information content (AvgIpc) is 2.43. The standard InChI is InChI=1S/C16H22O2/c1-2-3-4-5-8-15(17)13-9-10-16-14(12-13)7-6-11-18-16/h9-10,12H,2-8,11H2,1H3. The van der Waals surface area contributed by atoms with E-state index < -0.39 is 0 Å². The minimum absolute atomic E-state index is 0.277. The lowest BCUT2D eigenvalue weighted by Crippen LogP contribution is -2.09. The van der Waals surface area contributed by atoms with E-state index in [1.807, 2.05) is 18.2 Å². The summed E-state index contributed by atoms with van der Waals surface area (Å²) in [7, 11) is 0. The fourth-order valence-corrected chi connectivity index (χ4v) is 2.39. The highest BCUT2D eigenvalue weighted by Crippen LogP contribution is 2.26. The van der Waals surface area contributed by atoms with Crippen LogP contribution in [-0.4, -0.2) is 12.4 Å². The Morgan fingerprint density at radius 1 is 1.28 bits per heavy atom. The first-order valence-corrected chi connectivity index (χ1v) is 7.10. The monoisotopic (exact) mass is 246 g/mol. The zero-order valence-electron chi connectivity index (χ0n) is 11.2. The van der Waals surface area contributed by atoms with Gasteiger partial charge in [0.25, 0.3) is 0 Å². The van der Waals surface area contributed by atoms with Crippen LogP contribution in [0.3, 0.4) is 0 Å². The van der Waals surface area contributed by atoms with E-state index in [2.05, 4.69) is 6.92 Å². The number of carbonyl (C=O) groups excluding carboxylic acids is 1. The molecule has 0 atom stereocenters. The van der Waals surface area contributed by atoms with Crippen molar-refractivity contribution in [2.75, 3.05) is 6.61 Å². The molecular weight excluding hydrogens is 224 g/mol. The summed E-state index contributed by atoms with van der Waals surface area (Å²) >= 11 is 0. The first-order chi connectivity index (χ1) is 8.81. The lowest BCUT2D eigenvalue weighted by atomic mass is 9.99. The summed E-state index contributed by atoms with van der Waals surface area (Å²) in [6, 6.07) is 5.89. The maximum absolute atomic E-state index is 12.1. The van der Waals surface area contributed by atoms with E-state index in [1.165, 1.54) is 18.4 Å². The number of aryl methyl sites for hydroxylation is 1. The summed E-state index contributed by atoms with van der Waals surface area (Å²) in [5.74, 6) is 1.24. The van der Waals surface area contributed by atoms with Crippen molar-refractivity contribution in [1.82, 2.24) is 0 Å². The largest absolute Gasteiger partial charge is 0.493 e. The number of hydrogen-bond acceptors (Lipinski definition) is 2. The highest BCUT2D eigenvalue weighted by Gasteiger charge is 2.13. The predicted molar refractivity (Wildman–Crippen MR) is 73.3 cm³/mol. The summed E-state index contributed by atoms with van der Waals surface area (Å²) in [5.41, 5.74) is 2.05. The van der Waals surface area contributed by atoms with Gasteiger partial charge in [-0.15, -0.1) is 0 Å². The molecule has 0 spiro atoms. The second-order valence-electron chi connectivity index (χ2n) is 5.01. The number of ketones is 1. The Hall–Kier alpha value is -1.31. The molecule has 0 amide bonds. The summed E-state index contributed by atoms with van der Waals surface area (Å²) in [5, 5.41) is 0. The van der Waals surface area contributed by atoms with Crippen molar-refractivity contribution in [3.8, 4) is 5.75 Å². The Kier molecular flexibility index (Phi) is 4.80. The molecule has 1 aliphatic heterocycles. The molecule has 1 aromatic carbocycles. The zero-order valence-corrected chi connectivity index (χ0v) is 11.2. The van der Waals surface area contributed by atoms with Gasteiger partial charge in [0.05, 0.1) is 6.61 Å². The molecule has 1 heterocycles. The summed E-state index contributed by atoms with van der Waals surface area (Å²) in [6.07, 6.45) is 7.39. The van der Waals surface area contributed by atoms with Crippen LogP contribution >= 0.6 is 0 Å². The number of Topliss-reactive ketones (excluding diaryl/α,β-unsaturated/α-hetero) is 1. The Balaban J connectivity index is 1.94. The van der Waals surface area contributed by atoms with Gasteiger partial charge in [0.1, 0.15) is 5.75 Å². The molecule has 0 bridgehead atoms. The van der Waals surface area contributed by atoms with E-state index in [1.54, 1.807) is 0 Å². The van der Waals surface area contributed by atoms with E-state index in [0.717, 1.165) is 43.6 Å². The Labute approximate surface area is 109 Å². The summed E-state index contributed by atoms with van der Waals surface area (Å²) in [4.78, 5) is 12.1. The number of ether oxygens (including phenoxy) is 1. The van der Waals surface area contributed by atoms with E-state index in [9.17, 15) is 4.79 Å². The average molecular weight is 246 g/mol. The van der Waals surface area contributed by atoms with Gasteiger partial charge in [-0.1, -0.05) is 26.2 Å². The number of benzene rings is 1. The second kappa shape index (κ2) is 6.58. The molecule has 98 valence electrons.